The largest absolute Gasteiger partial charge is 0.472 e. The number of nitrogens with two attached hydrogens (primary N) is 1. The summed E-state index contributed by atoms with van der Waals surface area (Å²) in [5.74, 6) is -0.832. The maximum absolute atomic E-state index is 12.8. The van der Waals surface area contributed by atoms with Crippen molar-refractivity contribution in [3.8, 4) is 0 Å². The molecule has 0 fully saturated rings. The first-order chi connectivity index (χ1) is 45.8. The van der Waals surface area contributed by atoms with Crippen LogP contribution in [0.15, 0.2) is 158 Å². The number of hydrogen-bond acceptors (Lipinski definition) is 8. The van der Waals surface area contributed by atoms with Crippen LogP contribution in [0.1, 0.15) is 322 Å². The Hall–Kier alpha value is -4.37. The molecule has 0 saturated carbocycles. The van der Waals surface area contributed by atoms with Crippen LogP contribution in [0.5, 0.6) is 0 Å². The number of allylic oxidation sites excluding steroid dienone is 26. The van der Waals surface area contributed by atoms with Crippen molar-refractivity contribution in [3.05, 3.63) is 158 Å². The molecular formula is C83H140NO8P. The molecule has 93 heavy (non-hydrogen) atoms. The smallest absolute Gasteiger partial charge is 0.462 e. The summed E-state index contributed by atoms with van der Waals surface area (Å²) in [5, 5.41) is 0. The maximum Gasteiger partial charge on any atom is 0.472 e. The molecule has 0 saturated heterocycles. The van der Waals surface area contributed by atoms with Crippen LogP contribution in [0.4, 0.5) is 0 Å². The number of hydrogen-bond donors (Lipinski definition) is 2. The Balaban J connectivity index is 3.92. The summed E-state index contributed by atoms with van der Waals surface area (Å²) in [7, 11) is -4.41. The Bertz CT molecular complexity index is 2090. The fourth-order valence-corrected chi connectivity index (χ4v) is 11.1. The first-order valence-electron chi connectivity index (χ1n) is 38.0. The molecule has 0 rings (SSSR count). The molecule has 0 aromatic rings. The SMILES string of the molecule is CC/C=C\C/C=C\C/C=C\C/C=C\C/C=C\C/C=C\C/C=C\C/C=C\C/C=C\C/C=C\CCCCCCCCCCCCC(=O)OC(COC(=O)CCCCCCCCCCCCCCCCCC/C=C\C/C=C\C/C=C\CCCCCCC)COP(=O)(O)OCCN. The van der Waals surface area contributed by atoms with Crippen molar-refractivity contribution in [2.45, 2.75) is 328 Å². The van der Waals surface area contributed by atoms with Gasteiger partial charge in [-0.2, -0.15) is 0 Å². The molecule has 2 unspecified atom stereocenters. The van der Waals surface area contributed by atoms with Crippen molar-refractivity contribution in [2.24, 2.45) is 5.73 Å². The summed E-state index contributed by atoms with van der Waals surface area (Å²) < 4.78 is 33.2. The monoisotopic (exact) mass is 1310 g/mol. The third-order valence-corrected chi connectivity index (χ3v) is 16.9. The van der Waals surface area contributed by atoms with E-state index in [2.05, 4.69) is 172 Å². The van der Waals surface area contributed by atoms with Gasteiger partial charge in [0.25, 0.3) is 0 Å². The Morgan fingerprint density at radius 2 is 0.591 bits per heavy atom. The molecule has 10 heteroatoms. The van der Waals surface area contributed by atoms with E-state index in [1.165, 1.54) is 167 Å². The minimum atomic E-state index is -4.41. The van der Waals surface area contributed by atoms with E-state index in [0.29, 0.717) is 6.42 Å². The Morgan fingerprint density at radius 3 is 0.882 bits per heavy atom. The van der Waals surface area contributed by atoms with Gasteiger partial charge in [0.15, 0.2) is 6.10 Å². The van der Waals surface area contributed by atoms with Gasteiger partial charge in [-0.3, -0.25) is 18.6 Å². The van der Waals surface area contributed by atoms with Crippen molar-refractivity contribution in [3.63, 3.8) is 0 Å². The lowest BCUT2D eigenvalue weighted by Gasteiger charge is -2.19. The van der Waals surface area contributed by atoms with Gasteiger partial charge in [-0.1, -0.05) is 339 Å². The van der Waals surface area contributed by atoms with Gasteiger partial charge in [-0.05, 0) is 128 Å². The summed E-state index contributed by atoms with van der Waals surface area (Å²) in [6, 6.07) is 0. The highest BCUT2D eigenvalue weighted by Crippen LogP contribution is 2.43. The Morgan fingerprint density at radius 1 is 0.333 bits per heavy atom. The van der Waals surface area contributed by atoms with Crippen LogP contribution in [-0.4, -0.2) is 49.3 Å². The molecule has 0 aliphatic heterocycles. The fraction of sp³-hybridized carbons (Fsp3) is 0.663. The highest BCUT2D eigenvalue weighted by atomic mass is 31.2. The zero-order valence-electron chi connectivity index (χ0n) is 59.7. The first kappa shape index (κ1) is 88.6. The van der Waals surface area contributed by atoms with E-state index in [9.17, 15) is 19.0 Å². The van der Waals surface area contributed by atoms with Gasteiger partial charge in [0.1, 0.15) is 6.61 Å². The van der Waals surface area contributed by atoms with Crippen LogP contribution in [0.2, 0.25) is 0 Å². The van der Waals surface area contributed by atoms with Gasteiger partial charge in [0.05, 0.1) is 13.2 Å². The second-order valence-corrected chi connectivity index (χ2v) is 26.2. The molecule has 0 aromatic carbocycles. The van der Waals surface area contributed by atoms with Crippen LogP contribution >= 0.6 is 7.82 Å². The molecule has 0 heterocycles. The van der Waals surface area contributed by atoms with E-state index in [-0.39, 0.29) is 38.6 Å². The molecule has 9 nitrogen and oxygen atoms in total. The predicted molar refractivity (Wildman–Crippen MR) is 403 cm³/mol. The number of phosphoric ester groups is 1. The van der Waals surface area contributed by atoms with Crippen LogP contribution in [0, 0.1) is 0 Å². The van der Waals surface area contributed by atoms with Crippen molar-refractivity contribution in [2.75, 3.05) is 26.4 Å². The lowest BCUT2D eigenvalue weighted by atomic mass is 10.0. The van der Waals surface area contributed by atoms with Crippen LogP contribution in [0.25, 0.3) is 0 Å². The maximum atomic E-state index is 12.8. The van der Waals surface area contributed by atoms with Gasteiger partial charge in [-0.25, -0.2) is 4.57 Å². The third kappa shape index (κ3) is 76.5. The van der Waals surface area contributed by atoms with Gasteiger partial charge >= 0.3 is 19.8 Å². The quantitative estimate of drug-likeness (QED) is 0.0264. The van der Waals surface area contributed by atoms with Crippen LogP contribution in [-0.2, 0) is 32.7 Å². The number of ether oxygens (including phenoxy) is 2. The number of esters is 2. The second-order valence-electron chi connectivity index (χ2n) is 24.8. The standard InChI is InChI=1S/C83H140NO8P/c1-3-5-7-9-11-13-15-17-19-21-23-25-27-29-31-33-35-36-37-38-39-40-41-42-43-44-46-48-50-52-54-56-58-60-62-64-66-68-70-72-74-76-83(86)92-81(80-91-93(87,88)90-78-77-84)79-89-82(85)75-73-71-69-67-65-63-61-59-57-55-53-51-49-47-45-34-32-30-28-26-24-22-20-18-16-14-12-10-8-6-4-2/h5,7,11,13,16-19,22-25,28-31,35-36,38-39,41-42,44,46,50,52,81H,3-4,6,8-10,12,14-15,20-21,26-27,32-34,37,40,43,45,47-49,51,53-80,84H2,1-2H3,(H,87,88)/b7-5-,13-11-,18-16-,19-17-,24-22-,25-23-,30-28-,31-29-,36-35-,39-38-,42-41-,46-44-,52-50-. The van der Waals surface area contributed by atoms with Crippen LogP contribution in [0.3, 0.4) is 0 Å². The zero-order chi connectivity index (χ0) is 67.2. The zero-order valence-corrected chi connectivity index (χ0v) is 60.6. The van der Waals surface area contributed by atoms with E-state index in [0.717, 1.165) is 122 Å². The molecule has 0 amide bonds. The van der Waals surface area contributed by atoms with Gasteiger partial charge in [-0.15, -0.1) is 0 Å². The lowest BCUT2D eigenvalue weighted by Crippen LogP contribution is -2.29. The molecule has 0 aliphatic rings. The number of carbonyl (C=O) groups is 2. The van der Waals surface area contributed by atoms with E-state index < -0.39 is 26.5 Å². The molecule has 0 bridgehead atoms. The molecule has 0 aliphatic carbocycles. The van der Waals surface area contributed by atoms with Crippen molar-refractivity contribution < 1.29 is 37.6 Å². The number of unbranched alkanes of at least 4 members (excludes halogenated alkanes) is 31. The molecule has 2 atom stereocenters. The highest BCUT2D eigenvalue weighted by Gasteiger charge is 2.26. The topological polar surface area (TPSA) is 134 Å². The number of rotatable bonds is 70. The fourth-order valence-electron chi connectivity index (χ4n) is 10.3. The van der Waals surface area contributed by atoms with Crippen molar-refractivity contribution in [1.82, 2.24) is 0 Å². The molecular weight excluding hydrogens is 1170 g/mol. The third-order valence-electron chi connectivity index (χ3n) is 15.9. The summed E-state index contributed by atoms with van der Waals surface area (Å²) in [4.78, 5) is 35.4. The average Bonchev–Trinajstić information content (AvgIpc) is 3.49. The molecule has 3 N–H and O–H groups in total. The second kappa shape index (κ2) is 76.6. The summed E-state index contributed by atoms with van der Waals surface area (Å²) in [6.45, 7) is 3.63. The Labute approximate surface area is 572 Å². The number of carbonyl (C=O) groups excluding carboxylic acids is 2. The highest BCUT2D eigenvalue weighted by molar-refractivity contribution is 7.47. The number of phosphoric acid groups is 1. The minimum absolute atomic E-state index is 0.0468. The van der Waals surface area contributed by atoms with E-state index >= 15 is 0 Å². The normalized spacial score (nSPS) is 13.8. The Kier molecular flexibility index (Phi) is 73.0. The van der Waals surface area contributed by atoms with Crippen LogP contribution < -0.4 is 5.73 Å². The van der Waals surface area contributed by atoms with E-state index in [4.69, 9.17) is 24.3 Å². The van der Waals surface area contributed by atoms with Crippen molar-refractivity contribution >= 4 is 19.8 Å². The van der Waals surface area contributed by atoms with E-state index in [1.807, 2.05) is 0 Å². The summed E-state index contributed by atoms with van der Waals surface area (Å²) in [6.07, 6.45) is 112. The van der Waals surface area contributed by atoms with E-state index in [1.54, 1.807) is 0 Å². The van der Waals surface area contributed by atoms with Gasteiger partial charge in [0, 0.05) is 19.4 Å². The van der Waals surface area contributed by atoms with Gasteiger partial charge < -0.3 is 20.1 Å². The first-order valence-corrected chi connectivity index (χ1v) is 39.5. The predicted octanol–water partition coefficient (Wildman–Crippen LogP) is 25.5. The summed E-state index contributed by atoms with van der Waals surface area (Å²) >= 11 is 0. The molecule has 0 spiro atoms. The molecule has 530 valence electrons. The molecule has 0 radical (unpaired) electrons. The summed E-state index contributed by atoms with van der Waals surface area (Å²) in [5.41, 5.74) is 5.41. The minimum Gasteiger partial charge on any atom is -0.462 e. The lowest BCUT2D eigenvalue weighted by molar-refractivity contribution is -0.161. The average molecular weight is 1310 g/mol. The van der Waals surface area contributed by atoms with Gasteiger partial charge in [0.2, 0.25) is 0 Å². The van der Waals surface area contributed by atoms with Crippen molar-refractivity contribution in [1.29, 1.82) is 0 Å². The molecule has 0 aromatic heterocycles.